The molecule has 0 bridgehead atoms. The van der Waals surface area contributed by atoms with Crippen LogP contribution < -0.4 is 5.73 Å². The normalized spacial score (nSPS) is 25.1. The first-order valence-corrected chi connectivity index (χ1v) is 7.23. The van der Waals surface area contributed by atoms with Crippen LogP contribution in [0.4, 0.5) is 0 Å². The van der Waals surface area contributed by atoms with Gasteiger partial charge in [0.25, 0.3) is 0 Å². The van der Waals surface area contributed by atoms with E-state index in [4.69, 9.17) is 5.73 Å². The number of carboxylic acids is 1. The van der Waals surface area contributed by atoms with Gasteiger partial charge in [-0.2, -0.15) is 0 Å². The summed E-state index contributed by atoms with van der Waals surface area (Å²) in [6.07, 6.45) is 4.42. The minimum Gasteiger partial charge on any atom is -0.480 e. The fourth-order valence-electron chi connectivity index (χ4n) is 2.66. The number of rotatable bonds is 6. The van der Waals surface area contributed by atoms with Gasteiger partial charge in [-0.15, -0.1) is 0 Å². The molecule has 0 aromatic carbocycles. The van der Waals surface area contributed by atoms with Gasteiger partial charge in [0.2, 0.25) is 5.91 Å². The van der Waals surface area contributed by atoms with Crippen LogP contribution in [0.25, 0.3) is 0 Å². The summed E-state index contributed by atoms with van der Waals surface area (Å²) >= 11 is 0. The van der Waals surface area contributed by atoms with E-state index in [1.165, 1.54) is 0 Å². The summed E-state index contributed by atoms with van der Waals surface area (Å²) in [6, 6.07) is -0.546. The number of carboxylic acid groups (broad SMARTS) is 1. The van der Waals surface area contributed by atoms with Crippen LogP contribution in [0.2, 0.25) is 0 Å². The largest absolute Gasteiger partial charge is 0.480 e. The molecule has 0 aromatic rings. The molecule has 3 unspecified atom stereocenters. The summed E-state index contributed by atoms with van der Waals surface area (Å²) in [4.78, 5) is 25.0. The number of nitrogens with zero attached hydrogens (tertiary/aromatic N) is 1. The van der Waals surface area contributed by atoms with Crippen LogP contribution in [-0.4, -0.2) is 40.5 Å². The van der Waals surface area contributed by atoms with E-state index in [0.29, 0.717) is 25.3 Å². The monoisotopic (exact) mass is 270 g/mol. The first kappa shape index (κ1) is 16.0. The lowest BCUT2D eigenvalue weighted by atomic mass is 9.88. The van der Waals surface area contributed by atoms with Crippen LogP contribution in [0.15, 0.2) is 0 Å². The molecule has 0 saturated carbocycles. The lowest BCUT2D eigenvalue weighted by Crippen LogP contribution is -2.50. The lowest BCUT2D eigenvalue weighted by Gasteiger charge is -2.37. The van der Waals surface area contributed by atoms with Crippen molar-refractivity contribution in [3.63, 3.8) is 0 Å². The zero-order chi connectivity index (χ0) is 14.4. The Hall–Kier alpha value is -1.10. The van der Waals surface area contributed by atoms with Crippen LogP contribution in [0, 0.1) is 5.92 Å². The molecule has 0 aliphatic carbocycles. The Labute approximate surface area is 115 Å². The smallest absolute Gasteiger partial charge is 0.326 e. The van der Waals surface area contributed by atoms with E-state index in [2.05, 4.69) is 6.92 Å². The average molecular weight is 270 g/mol. The zero-order valence-corrected chi connectivity index (χ0v) is 12.0. The van der Waals surface area contributed by atoms with Crippen molar-refractivity contribution in [3.8, 4) is 0 Å². The molecule has 0 aromatic heterocycles. The lowest BCUT2D eigenvalue weighted by molar-refractivity contribution is -0.153. The first-order chi connectivity index (χ1) is 8.95. The van der Waals surface area contributed by atoms with Gasteiger partial charge in [-0.1, -0.05) is 13.3 Å². The second-order valence-electron chi connectivity index (χ2n) is 5.61. The molecule has 1 rings (SSSR count). The zero-order valence-electron chi connectivity index (χ0n) is 12.0. The quantitative estimate of drug-likeness (QED) is 0.768. The Morgan fingerprint density at radius 3 is 2.68 bits per heavy atom. The highest BCUT2D eigenvalue weighted by Gasteiger charge is 2.35. The molecule has 110 valence electrons. The van der Waals surface area contributed by atoms with Gasteiger partial charge in [0.05, 0.1) is 0 Å². The molecule has 1 aliphatic heterocycles. The summed E-state index contributed by atoms with van der Waals surface area (Å²) in [5.41, 5.74) is 5.65. The van der Waals surface area contributed by atoms with Gasteiger partial charge in [0, 0.05) is 19.0 Å². The molecule has 5 heteroatoms. The van der Waals surface area contributed by atoms with Crippen molar-refractivity contribution in [2.45, 2.75) is 64.5 Å². The average Bonchev–Trinajstić information content (AvgIpc) is 2.37. The molecule has 1 heterocycles. The molecule has 0 spiro atoms. The fraction of sp³-hybridized carbons (Fsp3) is 0.857. The van der Waals surface area contributed by atoms with Crippen molar-refractivity contribution in [3.05, 3.63) is 0 Å². The maximum atomic E-state index is 12.1. The Balaban J connectivity index is 2.54. The van der Waals surface area contributed by atoms with E-state index >= 15 is 0 Å². The van der Waals surface area contributed by atoms with E-state index in [9.17, 15) is 14.7 Å². The molecular weight excluding hydrogens is 244 g/mol. The highest BCUT2D eigenvalue weighted by molar-refractivity contribution is 5.83. The number of carbonyl (C=O) groups excluding carboxylic acids is 1. The Bertz CT molecular complexity index is 318. The summed E-state index contributed by atoms with van der Waals surface area (Å²) in [5, 5.41) is 9.27. The van der Waals surface area contributed by atoms with E-state index in [0.717, 1.165) is 25.7 Å². The van der Waals surface area contributed by atoms with Gasteiger partial charge >= 0.3 is 5.97 Å². The van der Waals surface area contributed by atoms with Crippen molar-refractivity contribution in [1.29, 1.82) is 0 Å². The number of carbonyl (C=O) groups is 2. The molecule has 0 radical (unpaired) electrons. The van der Waals surface area contributed by atoms with Crippen molar-refractivity contribution in [1.82, 2.24) is 4.90 Å². The highest BCUT2D eigenvalue weighted by Crippen LogP contribution is 2.26. The molecular formula is C14H26N2O3. The van der Waals surface area contributed by atoms with Gasteiger partial charge in [-0.25, -0.2) is 4.79 Å². The van der Waals surface area contributed by atoms with Crippen molar-refractivity contribution in [2.24, 2.45) is 11.7 Å². The van der Waals surface area contributed by atoms with E-state index in [1.807, 2.05) is 6.92 Å². The second-order valence-corrected chi connectivity index (χ2v) is 5.61. The third-order valence-corrected chi connectivity index (χ3v) is 3.94. The Morgan fingerprint density at radius 2 is 2.16 bits per heavy atom. The third-order valence-electron chi connectivity index (χ3n) is 3.94. The van der Waals surface area contributed by atoms with Gasteiger partial charge in [0.1, 0.15) is 6.04 Å². The van der Waals surface area contributed by atoms with E-state index in [1.54, 1.807) is 4.90 Å². The minimum atomic E-state index is -0.876. The summed E-state index contributed by atoms with van der Waals surface area (Å²) < 4.78 is 0. The van der Waals surface area contributed by atoms with Crippen molar-refractivity contribution < 1.29 is 14.7 Å². The number of amides is 1. The van der Waals surface area contributed by atoms with E-state index < -0.39 is 12.0 Å². The standard InChI is InChI=1S/C14H26N2O3/c1-3-11-7-8-16(12(9-11)14(18)19)13(17)6-4-5-10(2)15/h10-12H,3-9,15H2,1-2H3,(H,18,19). The number of aliphatic carboxylic acids is 1. The minimum absolute atomic E-state index is 0.0393. The second kappa shape index (κ2) is 7.48. The molecule has 1 aliphatic rings. The van der Waals surface area contributed by atoms with Crippen molar-refractivity contribution in [2.75, 3.05) is 6.54 Å². The SMILES string of the molecule is CCC1CCN(C(=O)CCCC(C)N)C(C(=O)O)C1. The van der Waals surface area contributed by atoms with E-state index in [-0.39, 0.29) is 11.9 Å². The predicted molar refractivity (Wildman–Crippen MR) is 73.7 cm³/mol. The van der Waals surface area contributed by atoms with Gasteiger partial charge in [0.15, 0.2) is 0 Å². The van der Waals surface area contributed by atoms with Crippen LogP contribution in [0.1, 0.15) is 52.4 Å². The molecule has 3 N–H and O–H groups in total. The Kier molecular flexibility index (Phi) is 6.28. The van der Waals surface area contributed by atoms with Gasteiger partial charge in [-0.05, 0) is 38.5 Å². The van der Waals surface area contributed by atoms with Crippen molar-refractivity contribution >= 4 is 11.9 Å². The number of likely N-dealkylation sites (tertiary alicyclic amines) is 1. The fourth-order valence-corrected chi connectivity index (χ4v) is 2.66. The van der Waals surface area contributed by atoms with Crippen LogP contribution >= 0.6 is 0 Å². The molecule has 5 nitrogen and oxygen atoms in total. The topological polar surface area (TPSA) is 83.6 Å². The number of piperidine rings is 1. The number of hydrogen-bond donors (Lipinski definition) is 2. The molecule has 3 atom stereocenters. The molecule has 19 heavy (non-hydrogen) atoms. The van der Waals surface area contributed by atoms with Crippen LogP contribution in [0.3, 0.4) is 0 Å². The van der Waals surface area contributed by atoms with Gasteiger partial charge in [-0.3, -0.25) is 4.79 Å². The predicted octanol–water partition coefficient (Wildman–Crippen LogP) is 1.61. The van der Waals surface area contributed by atoms with Gasteiger partial charge < -0.3 is 15.7 Å². The summed E-state index contributed by atoms with van der Waals surface area (Å²) in [5.74, 6) is -0.490. The number of nitrogens with two attached hydrogens (primary N) is 1. The highest BCUT2D eigenvalue weighted by atomic mass is 16.4. The summed E-state index contributed by atoms with van der Waals surface area (Å²) in [6.45, 7) is 4.56. The number of hydrogen-bond acceptors (Lipinski definition) is 3. The third kappa shape index (κ3) is 4.82. The summed E-state index contributed by atoms with van der Waals surface area (Å²) in [7, 11) is 0. The maximum absolute atomic E-state index is 12.1. The maximum Gasteiger partial charge on any atom is 0.326 e. The first-order valence-electron chi connectivity index (χ1n) is 7.23. The Morgan fingerprint density at radius 1 is 1.47 bits per heavy atom. The van der Waals surface area contributed by atoms with Crippen LogP contribution in [0.5, 0.6) is 0 Å². The molecule has 1 fully saturated rings. The molecule has 1 saturated heterocycles. The molecule has 1 amide bonds. The van der Waals surface area contributed by atoms with Crippen LogP contribution in [-0.2, 0) is 9.59 Å².